The van der Waals surface area contributed by atoms with Gasteiger partial charge < -0.3 is 15.0 Å². The van der Waals surface area contributed by atoms with Gasteiger partial charge in [-0.15, -0.1) is 12.4 Å². The second-order valence-corrected chi connectivity index (χ2v) is 5.45. The third-order valence-electron chi connectivity index (χ3n) is 3.85. The molecular formula is C16H21ClN4O2. The van der Waals surface area contributed by atoms with Gasteiger partial charge in [-0.25, -0.2) is 4.98 Å². The van der Waals surface area contributed by atoms with E-state index in [1.807, 2.05) is 36.2 Å². The van der Waals surface area contributed by atoms with E-state index in [1.165, 1.54) is 0 Å². The fourth-order valence-electron chi connectivity index (χ4n) is 2.66. The lowest BCUT2D eigenvalue weighted by Crippen LogP contribution is -2.33. The van der Waals surface area contributed by atoms with Gasteiger partial charge in [0, 0.05) is 25.7 Å². The Balaban J connectivity index is 0.00000192. The number of methoxy groups -OCH3 is 1. The zero-order valence-electron chi connectivity index (χ0n) is 13.3. The summed E-state index contributed by atoms with van der Waals surface area (Å²) in [7, 11) is 3.57. The first-order valence-electron chi connectivity index (χ1n) is 7.34. The molecule has 1 aromatic heterocycles. The molecule has 0 amide bonds. The van der Waals surface area contributed by atoms with E-state index in [-0.39, 0.29) is 18.0 Å². The number of benzene rings is 1. The summed E-state index contributed by atoms with van der Waals surface area (Å²) in [6.45, 7) is 2.13. The molecule has 0 atom stereocenters. The van der Waals surface area contributed by atoms with Crippen LogP contribution in [-0.4, -0.2) is 30.7 Å². The molecule has 0 bridgehead atoms. The molecule has 124 valence electrons. The van der Waals surface area contributed by atoms with Gasteiger partial charge in [0.25, 0.3) is 5.56 Å². The van der Waals surface area contributed by atoms with Crippen LogP contribution in [0.5, 0.6) is 5.75 Å². The van der Waals surface area contributed by atoms with Crippen LogP contribution < -0.4 is 20.5 Å². The zero-order chi connectivity index (χ0) is 15.5. The fourth-order valence-corrected chi connectivity index (χ4v) is 2.66. The summed E-state index contributed by atoms with van der Waals surface area (Å²) in [5, 5.41) is 3.25. The van der Waals surface area contributed by atoms with Gasteiger partial charge in [0.1, 0.15) is 5.75 Å². The van der Waals surface area contributed by atoms with Gasteiger partial charge in [-0.1, -0.05) is 12.1 Å². The maximum absolute atomic E-state index is 12.2. The van der Waals surface area contributed by atoms with E-state index in [0.717, 1.165) is 35.5 Å². The number of hydrogen-bond donors (Lipinski definition) is 2. The first-order valence-corrected chi connectivity index (χ1v) is 7.34. The highest BCUT2D eigenvalue weighted by Gasteiger charge is 2.16. The standard InChI is InChI=1S/C16H20N4O2.ClH/c1-20(10-11-4-3-5-12(8-11)22-2)16-18-14-9-17-7-6-13(14)15(21)19-16;/h3-5,8,17H,6-7,9-10H2,1-2H3,(H,18,19,21);1H. The lowest BCUT2D eigenvalue weighted by atomic mass is 10.1. The monoisotopic (exact) mass is 336 g/mol. The molecule has 2 heterocycles. The molecule has 0 unspecified atom stereocenters. The Morgan fingerprint density at radius 2 is 2.22 bits per heavy atom. The lowest BCUT2D eigenvalue weighted by Gasteiger charge is -2.21. The number of hydrogen-bond acceptors (Lipinski definition) is 5. The molecule has 2 aromatic rings. The van der Waals surface area contributed by atoms with Crippen LogP contribution >= 0.6 is 12.4 Å². The molecule has 1 aromatic carbocycles. The first kappa shape index (κ1) is 17.3. The van der Waals surface area contributed by atoms with Crippen LogP contribution in [0.4, 0.5) is 5.95 Å². The second kappa shape index (κ2) is 7.48. The number of anilines is 1. The van der Waals surface area contributed by atoms with Gasteiger partial charge >= 0.3 is 0 Å². The number of halogens is 1. The van der Waals surface area contributed by atoms with Crippen molar-refractivity contribution in [3.05, 3.63) is 51.4 Å². The molecular weight excluding hydrogens is 316 g/mol. The highest BCUT2D eigenvalue weighted by molar-refractivity contribution is 5.85. The summed E-state index contributed by atoms with van der Waals surface area (Å²) in [5.41, 5.74) is 2.72. The number of fused-ring (bicyclic) bond motifs is 1. The number of H-pyrrole nitrogens is 1. The van der Waals surface area contributed by atoms with Crippen molar-refractivity contribution in [1.82, 2.24) is 15.3 Å². The van der Waals surface area contributed by atoms with Gasteiger partial charge in [-0.2, -0.15) is 0 Å². The minimum absolute atomic E-state index is 0. The van der Waals surface area contributed by atoms with Gasteiger partial charge in [0.15, 0.2) is 0 Å². The van der Waals surface area contributed by atoms with E-state index in [0.29, 0.717) is 19.0 Å². The minimum atomic E-state index is -0.0287. The molecule has 0 spiro atoms. The summed E-state index contributed by atoms with van der Waals surface area (Å²) in [4.78, 5) is 21.6. The normalized spacial score (nSPS) is 13.0. The Morgan fingerprint density at radius 1 is 1.39 bits per heavy atom. The molecule has 23 heavy (non-hydrogen) atoms. The average Bonchev–Trinajstić information content (AvgIpc) is 2.55. The lowest BCUT2D eigenvalue weighted by molar-refractivity contribution is 0.414. The van der Waals surface area contributed by atoms with E-state index in [9.17, 15) is 4.79 Å². The van der Waals surface area contributed by atoms with Crippen molar-refractivity contribution in [2.75, 3.05) is 25.6 Å². The zero-order valence-corrected chi connectivity index (χ0v) is 14.1. The Morgan fingerprint density at radius 3 is 3.00 bits per heavy atom. The Bertz CT molecular complexity index is 732. The van der Waals surface area contributed by atoms with Crippen molar-refractivity contribution in [3.8, 4) is 5.75 Å². The summed E-state index contributed by atoms with van der Waals surface area (Å²) in [6, 6.07) is 7.87. The predicted molar refractivity (Wildman–Crippen MR) is 92.6 cm³/mol. The highest BCUT2D eigenvalue weighted by Crippen LogP contribution is 2.16. The van der Waals surface area contributed by atoms with Crippen molar-refractivity contribution in [3.63, 3.8) is 0 Å². The summed E-state index contributed by atoms with van der Waals surface area (Å²) in [5.74, 6) is 1.41. The Labute approximate surface area is 141 Å². The third-order valence-corrected chi connectivity index (χ3v) is 3.85. The topological polar surface area (TPSA) is 70.2 Å². The van der Waals surface area contributed by atoms with Gasteiger partial charge in [0.05, 0.1) is 12.8 Å². The predicted octanol–water partition coefficient (Wildman–Crippen LogP) is 1.48. The van der Waals surface area contributed by atoms with Crippen molar-refractivity contribution in [2.45, 2.75) is 19.5 Å². The molecule has 0 saturated carbocycles. The average molecular weight is 337 g/mol. The van der Waals surface area contributed by atoms with Crippen LogP contribution in [0.3, 0.4) is 0 Å². The first-order chi connectivity index (χ1) is 10.7. The number of aromatic nitrogens is 2. The van der Waals surface area contributed by atoms with E-state index < -0.39 is 0 Å². The number of rotatable bonds is 4. The minimum Gasteiger partial charge on any atom is -0.497 e. The molecule has 1 aliphatic rings. The number of nitrogens with one attached hydrogen (secondary N) is 2. The van der Waals surface area contributed by atoms with Crippen LogP contribution in [0.15, 0.2) is 29.1 Å². The van der Waals surface area contributed by atoms with Gasteiger partial charge in [-0.05, 0) is 30.7 Å². The molecule has 1 aliphatic heterocycles. The molecule has 0 saturated heterocycles. The smallest absolute Gasteiger partial charge is 0.255 e. The highest BCUT2D eigenvalue weighted by atomic mass is 35.5. The number of nitrogens with zero attached hydrogens (tertiary/aromatic N) is 2. The molecule has 3 rings (SSSR count). The maximum atomic E-state index is 12.2. The van der Waals surface area contributed by atoms with Crippen molar-refractivity contribution in [2.24, 2.45) is 0 Å². The largest absolute Gasteiger partial charge is 0.497 e. The van der Waals surface area contributed by atoms with Crippen LogP contribution in [0.25, 0.3) is 0 Å². The Kier molecular flexibility index (Phi) is 5.63. The molecule has 7 heteroatoms. The maximum Gasteiger partial charge on any atom is 0.255 e. The van der Waals surface area contributed by atoms with Gasteiger partial charge in [0.2, 0.25) is 5.95 Å². The SMILES string of the molecule is COc1cccc(CN(C)c2nc3c(c(=O)[nH]2)CCNC3)c1.Cl. The van der Waals surface area contributed by atoms with Crippen molar-refractivity contribution < 1.29 is 4.74 Å². The molecule has 0 fully saturated rings. The molecule has 2 N–H and O–H groups in total. The second-order valence-electron chi connectivity index (χ2n) is 5.45. The van der Waals surface area contributed by atoms with Crippen molar-refractivity contribution in [1.29, 1.82) is 0 Å². The van der Waals surface area contributed by atoms with Gasteiger partial charge in [-0.3, -0.25) is 9.78 Å². The van der Waals surface area contributed by atoms with Crippen LogP contribution in [0, 0.1) is 0 Å². The summed E-state index contributed by atoms with van der Waals surface area (Å²) in [6.07, 6.45) is 0.734. The quantitative estimate of drug-likeness (QED) is 0.885. The van der Waals surface area contributed by atoms with Crippen LogP contribution in [0.2, 0.25) is 0 Å². The van der Waals surface area contributed by atoms with Crippen LogP contribution in [-0.2, 0) is 19.5 Å². The van der Waals surface area contributed by atoms with Crippen molar-refractivity contribution >= 4 is 18.4 Å². The van der Waals surface area contributed by atoms with E-state index >= 15 is 0 Å². The summed E-state index contributed by atoms with van der Waals surface area (Å²) < 4.78 is 5.24. The molecule has 6 nitrogen and oxygen atoms in total. The van der Waals surface area contributed by atoms with Crippen LogP contribution in [0.1, 0.15) is 16.8 Å². The fraction of sp³-hybridized carbons (Fsp3) is 0.375. The summed E-state index contributed by atoms with van der Waals surface area (Å²) >= 11 is 0. The van der Waals surface area contributed by atoms with E-state index in [1.54, 1.807) is 7.11 Å². The molecule has 0 radical (unpaired) electrons. The number of aromatic amines is 1. The molecule has 0 aliphatic carbocycles. The number of ether oxygens (including phenoxy) is 1. The Hall–Kier alpha value is -2.05. The third kappa shape index (κ3) is 3.83. The van der Waals surface area contributed by atoms with E-state index in [4.69, 9.17) is 4.74 Å². The van der Waals surface area contributed by atoms with E-state index in [2.05, 4.69) is 15.3 Å².